The van der Waals surface area contributed by atoms with E-state index in [9.17, 15) is 0 Å². The van der Waals surface area contributed by atoms with Gasteiger partial charge in [-0.3, -0.25) is 5.43 Å². The van der Waals surface area contributed by atoms with Crippen LogP contribution in [0.1, 0.15) is 38.2 Å². The molecule has 0 atom stereocenters. The summed E-state index contributed by atoms with van der Waals surface area (Å²) in [7, 11) is 0. The summed E-state index contributed by atoms with van der Waals surface area (Å²) in [6.45, 7) is 4.27. The number of hydrogen-bond donors (Lipinski definition) is 2. The molecule has 0 spiro atoms. The van der Waals surface area contributed by atoms with E-state index in [4.69, 9.17) is 12.2 Å². The summed E-state index contributed by atoms with van der Waals surface area (Å²) in [5, 5.41) is 0. The molecular weight excluding hydrogens is 216 g/mol. The van der Waals surface area contributed by atoms with E-state index in [-0.39, 0.29) is 0 Å². The zero-order valence-corrected chi connectivity index (χ0v) is 10.9. The average Bonchev–Trinajstić information content (AvgIpc) is 2.29. The van der Waals surface area contributed by atoms with Gasteiger partial charge in [0.05, 0.1) is 10.7 Å². The van der Waals surface area contributed by atoms with Crippen LogP contribution in [0.5, 0.6) is 0 Å². The third-order valence-electron chi connectivity index (χ3n) is 2.41. The van der Waals surface area contributed by atoms with Crippen molar-refractivity contribution in [2.75, 3.05) is 5.43 Å². The maximum atomic E-state index is 5.22. The van der Waals surface area contributed by atoms with Crippen LogP contribution in [0.4, 0.5) is 5.69 Å². The van der Waals surface area contributed by atoms with Crippen LogP contribution in [0.2, 0.25) is 0 Å². The second-order valence-electron chi connectivity index (χ2n) is 4.00. The zero-order chi connectivity index (χ0) is 11.8. The Morgan fingerprint density at radius 2 is 1.88 bits per heavy atom. The maximum Gasteiger partial charge on any atom is 0.0939 e. The zero-order valence-electron chi connectivity index (χ0n) is 10.0. The summed E-state index contributed by atoms with van der Waals surface area (Å²) >= 11 is 5.22. The van der Waals surface area contributed by atoms with Gasteiger partial charge in [-0.15, -0.1) is 0 Å². The molecule has 0 fully saturated rings. The molecule has 0 aliphatic rings. The van der Waals surface area contributed by atoms with Crippen molar-refractivity contribution >= 4 is 22.9 Å². The normalized spacial score (nSPS) is 9.88. The molecule has 1 rings (SSSR count). The molecule has 0 radical (unpaired) electrons. The van der Waals surface area contributed by atoms with Gasteiger partial charge in [0, 0.05) is 0 Å². The van der Waals surface area contributed by atoms with Gasteiger partial charge in [-0.25, -0.2) is 0 Å². The number of anilines is 1. The Labute approximate surface area is 103 Å². The number of hydrazine groups is 1. The number of benzene rings is 1. The van der Waals surface area contributed by atoms with Crippen LogP contribution in [0.3, 0.4) is 0 Å². The molecule has 0 amide bonds. The van der Waals surface area contributed by atoms with Crippen LogP contribution in [-0.2, 0) is 0 Å². The second-order valence-corrected chi connectivity index (χ2v) is 4.49. The van der Waals surface area contributed by atoms with Gasteiger partial charge in [0.2, 0.25) is 0 Å². The molecule has 1 aromatic carbocycles. The maximum absolute atomic E-state index is 5.22. The minimum absolute atomic E-state index is 0.883. The minimum Gasteiger partial charge on any atom is -0.300 e. The molecule has 0 heterocycles. The van der Waals surface area contributed by atoms with Gasteiger partial charge in [0.1, 0.15) is 0 Å². The molecule has 2 N–H and O–H groups in total. The lowest BCUT2D eigenvalue weighted by Gasteiger charge is -2.10. The summed E-state index contributed by atoms with van der Waals surface area (Å²) in [6, 6.07) is 8.22. The van der Waals surface area contributed by atoms with Crippen molar-refractivity contribution in [3.63, 3.8) is 0 Å². The third kappa shape index (κ3) is 5.12. The smallest absolute Gasteiger partial charge is 0.0939 e. The van der Waals surface area contributed by atoms with Crippen LogP contribution in [0, 0.1) is 6.92 Å². The first-order valence-corrected chi connectivity index (χ1v) is 6.24. The summed E-state index contributed by atoms with van der Waals surface area (Å²) in [6.07, 6.45) is 4.60. The highest BCUT2D eigenvalue weighted by Crippen LogP contribution is 2.07. The van der Waals surface area contributed by atoms with Crippen molar-refractivity contribution in [2.45, 2.75) is 39.5 Å². The van der Waals surface area contributed by atoms with Crippen LogP contribution >= 0.6 is 12.2 Å². The van der Waals surface area contributed by atoms with Crippen molar-refractivity contribution < 1.29 is 0 Å². The van der Waals surface area contributed by atoms with E-state index in [0.717, 1.165) is 23.5 Å². The average molecular weight is 236 g/mol. The predicted octanol–water partition coefficient (Wildman–Crippen LogP) is 3.82. The highest BCUT2D eigenvalue weighted by atomic mass is 32.1. The molecule has 0 aliphatic carbocycles. The van der Waals surface area contributed by atoms with Crippen LogP contribution in [0.15, 0.2) is 24.3 Å². The van der Waals surface area contributed by atoms with Gasteiger partial charge < -0.3 is 5.43 Å². The Bertz CT molecular complexity index is 319. The molecule has 0 aliphatic heterocycles. The van der Waals surface area contributed by atoms with Crippen LogP contribution in [0.25, 0.3) is 0 Å². The van der Waals surface area contributed by atoms with Gasteiger partial charge >= 0.3 is 0 Å². The van der Waals surface area contributed by atoms with Gasteiger partial charge in [-0.05, 0) is 31.9 Å². The molecule has 1 aromatic rings. The van der Waals surface area contributed by atoms with E-state index in [1.807, 2.05) is 12.1 Å². The lowest BCUT2D eigenvalue weighted by Crippen LogP contribution is -2.27. The number of unbranched alkanes of at least 4 members (excludes halogenated alkanes) is 2. The first-order valence-electron chi connectivity index (χ1n) is 5.84. The summed E-state index contributed by atoms with van der Waals surface area (Å²) in [5.74, 6) is 0. The SMILES string of the molecule is CCCCCC(=S)NNc1ccc(C)cc1. The lowest BCUT2D eigenvalue weighted by atomic mass is 10.2. The van der Waals surface area contributed by atoms with Gasteiger partial charge in [0.15, 0.2) is 0 Å². The van der Waals surface area contributed by atoms with Crippen molar-refractivity contribution in [1.29, 1.82) is 0 Å². The van der Waals surface area contributed by atoms with Gasteiger partial charge in [-0.1, -0.05) is 49.7 Å². The second kappa shape index (κ2) is 7.23. The highest BCUT2D eigenvalue weighted by molar-refractivity contribution is 7.80. The molecule has 2 nitrogen and oxygen atoms in total. The van der Waals surface area contributed by atoms with Crippen molar-refractivity contribution in [3.05, 3.63) is 29.8 Å². The summed E-state index contributed by atoms with van der Waals surface area (Å²) in [5.41, 5.74) is 8.47. The Kier molecular flexibility index (Phi) is 5.86. The monoisotopic (exact) mass is 236 g/mol. The fourth-order valence-corrected chi connectivity index (χ4v) is 1.57. The highest BCUT2D eigenvalue weighted by Gasteiger charge is 1.95. The molecule has 0 aromatic heterocycles. The Morgan fingerprint density at radius 1 is 1.19 bits per heavy atom. The number of hydrogen-bond acceptors (Lipinski definition) is 2. The number of rotatable bonds is 6. The van der Waals surface area contributed by atoms with Crippen molar-refractivity contribution in [2.24, 2.45) is 0 Å². The lowest BCUT2D eigenvalue weighted by molar-refractivity contribution is 0.738. The van der Waals surface area contributed by atoms with E-state index in [1.165, 1.54) is 18.4 Å². The van der Waals surface area contributed by atoms with Crippen LogP contribution in [-0.4, -0.2) is 4.99 Å². The van der Waals surface area contributed by atoms with E-state index in [2.05, 4.69) is 36.8 Å². The van der Waals surface area contributed by atoms with Crippen molar-refractivity contribution in [1.82, 2.24) is 5.43 Å². The Hall–Kier alpha value is -1.09. The van der Waals surface area contributed by atoms with E-state index in [1.54, 1.807) is 0 Å². The Morgan fingerprint density at radius 3 is 2.50 bits per heavy atom. The molecule has 0 unspecified atom stereocenters. The number of aryl methyl sites for hydroxylation is 1. The van der Waals surface area contributed by atoms with Crippen LogP contribution < -0.4 is 10.9 Å². The molecule has 0 saturated carbocycles. The minimum atomic E-state index is 0.883. The first-order chi connectivity index (χ1) is 7.72. The summed E-state index contributed by atoms with van der Waals surface area (Å²) in [4.78, 5) is 0.883. The molecular formula is C13H20N2S. The van der Waals surface area contributed by atoms with E-state index < -0.39 is 0 Å². The van der Waals surface area contributed by atoms with Crippen molar-refractivity contribution in [3.8, 4) is 0 Å². The fourth-order valence-electron chi connectivity index (χ4n) is 1.38. The molecule has 88 valence electrons. The molecule has 0 bridgehead atoms. The molecule has 16 heavy (non-hydrogen) atoms. The number of nitrogens with one attached hydrogen (secondary N) is 2. The van der Waals surface area contributed by atoms with E-state index in [0.29, 0.717) is 0 Å². The van der Waals surface area contributed by atoms with E-state index >= 15 is 0 Å². The Balaban J connectivity index is 2.23. The van der Waals surface area contributed by atoms with Gasteiger partial charge in [-0.2, -0.15) is 0 Å². The topological polar surface area (TPSA) is 24.1 Å². The summed E-state index contributed by atoms with van der Waals surface area (Å²) < 4.78 is 0. The third-order valence-corrected chi connectivity index (χ3v) is 2.71. The first kappa shape index (κ1) is 13.0. The van der Waals surface area contributed by atoms with Gasteiger partial charge in [0.25, 0.3) is 0 Å². The quantitative estimate of drug-likeness (QED) is 0.446. The molecule has 3 heteroatoms. The predicted molar refractivity (Wildman–Crippen MR) is 74.7 cm³/mol. The fraction of sp³-hybridized carbons (Fsp3) is 0.462. The largest absolute Gasteiger partial charge is 0.300 e. The molecule has 0 saturated heterocycles. The standard InChI is InChI=1S/C13H20N2S/c1-3-4-5-6-13(16)15-14-12-9-7-11(2)8-10-12/h7-10,14H,3-6H2,1-2H3,(H,15,16). The number of thiocarbonyl (C=S) groups is 1.